The van der Waals surface area contributed by atoms with Gasteiger partial charge in [-0.25, -0.2) is 29.4 Å². The van der Waals surface area contributed by atoms with Crippen LogP contribution in [0.15, 0.2) is 15.0 Å². The first-order valence-corrected chi connectivity index (χ1v) is 10.2. The lowest BCUT2D eigenvalue weighted by molar-refractivity contribution is 0.0309. The smallest absolute Gasteiger partial charge is 0.377 e. The van der Waals surface area contributed by atoms with Gasteiger partial charge in [-0.05, 0) is 41.5 Å². The van der Waals surface area contributed by atoms with E-state index in [9.17, 15) is 14.4 Å². The van der Waals surface area contributed by atoms with Crippen molar-refractivity contribution in [3.63, 3.8) is 0 Å². The van der Waals surface area contributed by atoms with E-state index in [1.165, 1.54) is 18.2 Å². The van der Waals surface area contributed by atoms with E-state index in [1.54, 1.807) is 21.3 Å². The number of nitrogens with zero attached hydrogens (tertiary/aromatic N) is 3. The van der Waals surface area contributed by atoms with Gasteiger partial charge in [0.25, 0.3) is 0 Å². The fourth-order valence-electron chi connectivity index (χ4n) is 0.862. The number of hydrogen-bond acceptors (Lipinski definition) is 11. The molecule has 0 unspecified atom stereocenters. The van der Waals surface area contributed by atoms with E-state index in [2.05, 4.69) is 15.0 Å². The van der Waals surface area contributed by atoms with Gasteiger partial charge in [0.1, 0.15) is 0 Å². The van der Waals surface area contributed by atoms with Crippen molar-refractivity contribution in [2.24, 2.45) is 15.0 Å². The van der Waals surface area contributed by atoms with Crippen molar-refractivity contribution in [1.82, 2.24) is 0 Å². The molecule has 0 amide bonds. The monoisotopic (exact) mass is 485 g/mol. The van der Waals surface area contributed by atoms with Gasteiger partial charge in [0, 0.05) is 21.3 Å². The van der Waals surface area contributed by atoms with Crippen LogP contribution in [0, 0.1) is 0 Å². The van der Waals surface area contributed by atoms with Gasteiger partial charge in [-0.3, -0.25) is 9.11 Å². The average molecular weight is 486 g/mol. The lowest BCUT2D eigenvalue weighted by Gasteiger charge is -2.18. The first-order valence-electron chi connectivity index (χ1n) is 8.83. The van der Waals surface area contributed by atoms with Gasteiger partial charge in [0.15, 0.2) is 0 Å². The summed E-state index contributed by atoms with van der Waals surface area (Å²) in [5.41, 5.74) is -1.01. The van der Waals surface area contributed by atoms with Crippen LogP contribution in [0.4, 0.5) is 0 Å². The van der Waals surface area contributed by atoms with E-state index in [1.807, 2.05) is 41.5 Å². The second-order valence-electron chi connectivity index (χ2n) is 7.56. The lowest BCUT2D eigenvalue weighted by atomic mass is 10.1. The summed E-state index contributed by atoms with van der Waals surface area (Å²) in [5.74, 6) is 0. The Morgan fingerprint density at radius 1 is 0.625 bits per heavy atom. The molecule has 0 aliphatic heterocycles. The molecule has 0 radical (unpaired) electrons. The minimum atomic E-state index is -4.67. The molecule has 0 fully saturated rings. The van der Waals surface area contributed by atoms with Crippen LogP contribution in [-0.4, -0.2) is 93.5 Å². The van der Waals surface area contributed by atoms with Crippen molar-refractivity contribution < 1.29 is 46.1 Å². The lowest BCUT2D eigenvalue weighted by Crippen LogP contribution is -2.25. The van der Waals surface area contributed by atoms with Gasteiger partial charge in [-0.1, -0.05) is 0 Å². The Hall–Kier alpha value is -2.11. The fraction of sp³-hybridized carbons (Fsp3) is 0.833. The third-order valence-corrected chi connectivity index (χ3v) is 3.23. The highest BCUT2D eigenvalue weighted by atomic mass is 32.3. The Kier molecular flexibility index (Phi) is 22.8. The number of isocyanates is 3. The van der Waals surface area contributed by atoms with Crippen LogP contribution in [0.25, 0.3) is 0 Å². The average Bonchev–Trinajstić information content (AvgIpc) is 2.69. The minimum Gasteiger partial charge on any atom is -0.377 e. The second kappa shape index (κ2) is 19.6. The third kappa shape index (κ3) is 42.1. The summed E-state index contributed by atoms with van der Waals surface area (Å²) < 4.78 is 46.5. The number of methoxy groups -OCH3 is 3. The third-order valence-electron chi connectivity index (χ3n) is 3.23. The molecule has 0 saturated carbocycles. The van der Waals surface area contributed by atoms with Crippen LogP contribution in [0.1, 0.15) is 41.5 Å². The maximum Gasteiger partial charge on any atom is 0.394 e. The molecule has 0 aromatic heterocycles. The molecule has 0 aromatic carbocycles. The van der Waals surface area contributed by atoms with Crippen molar-refractivity contribution in [2.45, 2.75) is 58.3 Å². The SMILES string of the molecule is COC(C)(C)CN=C=O.COC(C)(C)CN=C=O.COC(C)(C)CN=C=O.O=S(=O)(O)O. The van der Waals surface area contributed by atoms with Crippen LogP contribution in [0.5, 0.6) is 0 Å². The molecular formula is C18H35N3O10S. The van der Waals surface area contributed by atoms with Crippen molar-refractivity contribution in [3.05, 3.63) is 0 Å². The first-order chi connectivity index (χ1) is 14.4. The van der Waals surface area contributed by atoms with Gasteiger partial charge < -0.3 is 14.2 Å². The van der Waals surface area contributed by atoms with E-state index in [0.29, 0.717) is 19.6 Å². The normalized spacial score (nSPS) is 10.7. The molecule has 0 heterocycles. The Bertz CT molecular complexity index is 648. The van der Waals surface area contributed by atoms with Crippen LogP contribution in [0.3, 0.4) is 0 Å². The summed E-state index contributed by atoms with van der Waals surface area (Å²) in [6, 6.07) is 0. The minimum absolute atomic E-state index is 0.336. The molecule has 0 aromatic rings. The van der Waals surface area contributed by atoms with E-state index in [0.717, 1.165) is 0 Å². The summed E-state index contributed by atoms with van der Waals surface area (Å²) in [4.78, 5) is 39.0. The molecule has 32 heavy (non-hydrogen) atoms. The van der Waals surface area contributed by atoms with Crippen molar-refractivity contribution >= 4 is 28.6 Å². The second-order valence-corrected chi connectivity index (χ2v) is 8.46. The van der Waals surface area contributed by atoms with Crippen molar-refractivity contribution in [2.75, 3.05) is 41.0 Å². The molecule has 0 saturated heterocycles. The van der Waals surface area contributed by atoms with Gasteiger partial charge in [-0.2, -0.15) is 8.42 Å². The zero-order chi connectivity index (χ0) is 26.5. The maximum atomic E-state index is 9.62. The van der Waals surface area contributed by atoms with Crippen LogP contribution in [-0.2, 0) is 39.0 Å². The standard InChI is InChI=1S/3C6H11NO2.H2O4S/c3*1-6(2,9-3)4-7-5-8;1-5(2,3)4/h3*4H2,1-3H3;(H2,1,2,3,4). The Morgan fingerprint density at radius 2 is 0.781 bits per heavy atom. The summed E-state index contributed by atoms with van der Waals surface area (Å²) in [7, 11) is 0.0843. The summed E-state index contributed by atoms with van der Waals surface area (Å²) in [6.45, 7) is 12.2. The number of ether oxygens (including phenoxy) is 3. The summed E-state index contributed by atoms with van der Waals surface area (Å²) >= 11 is 0. The first kappa shape index (κ1) is 37.2. The molecule has 2 N–H and O–H groups in total. The molecule has 0 aliphatic rings. The van der Waals surface area contributed by atoms with Crippen LogP contribution in [0.2, 0.25) is 0 Å². The fourth-order valence-corrected chi connectivity index (χ4v) is 0.862. The molecule has 0 aliphatic carbocycles. The van der Waals surface area contributed by atoms with Gasteiger partial charge in [0.2, 0.25) is 18.2 Å². The molecule has 0 spiro atoms. The topological polar surface area (TPSA) is 191 Å². The van der Waals surface area contributed by atoms with E-state index >= 15 is 0 Å². The Balaban J connectivity index is -0.000000167. The zero-order valence-corrected chi connectivity index (χ0v) is 20.8. The molecule has 14 heteroatoms. The van der Waals surface area contributed by atoms with Gasteiger partial charge >= 0.3 is 10.4 Å². The number of aliphatic imine (C=N–C) groups is 3. The Labute approximate surface area is 189 Å². The molecular weight excluding hydrogens is 450 g/mol. The van der Waals surface area contributed by atoms with Crippen LogP contribution >= 0.6 is 0 Å². The van der Waals surface area contributed by atoms with E-state index in [4.69, 9.17) is 31.7 Å². The predicted molar refractivity (Wildman–Crippen MR) is 116 cm³/mol. The van der Waals surface area contributed by atoms with Gasteiger partial charge in [-0.15, -0.1) is 0 Å². The highest BCUT2D eigenvalue weighted by Gasteiger charge is 2.15. The Morgan fingerprint density at radius 3 is 0.875 bits per heavy atom. The van der Waals surface area contributed by atoms with Gasteiger partial charge in [0.05, 0.1) is 36.4 Å². The van der Waals surface area contributed by atoms with E-state index in [-0.39, 0.29) is 16.8 Å². The number of rotatable bonds is 9. The molecule has 0 bridgehead atoms. The zero-order valence-electron chi connectivity index (χ0n) is 20.0. The summed E-state index contributed by atoms with van der Waals surface area (Å²) in [6.07, 6.45) is 4.36. The maximum absolute atomic E-state index is 9.62. The summed E-state index contributed by atoms with van der Waals surface area (Å²) in [5, 5.41) is 0. The highest BCUT2D eigenvalue weighted by molar-refractivity contribution is 7.79. The van der Waals surface area contributed by atoms with Crippen molar-refractivity contribution in [3.8, 4) is 0 Å². The number of hydrogen-bond donors (Lipinski definition) is 2. The van der Waals surface area contributed by atoms with Crippen molar-refractivity contribution in [1.29, 1.82) is 0 Å². The van der Waals surface area contributed by atoms with E-state index < -0.39 is 10.4 Å². The van der Waals surface area contributed by atoms with Crippen LogP contribution < -0.4 is 0 Å². The highest BCUT2D eigenvalue weighted by Crippen LogP contribution is 2.07. The molecule has 0 atom stereocenters. The largest absolute Gasteiger partial charge is 0.394 e. The molecule has 13 nitrogen and oxygen atoms in total. The predicted octanol–water partition coefficient (Wildman–Crippen LogP) is 1.59. The number of carbonyl (C=O) groups excluding carboxylic acids is 3. The molecule has 188 valence electrons. The quantitative estimate of drug-likeness (QED) is 0.275. The molecule has 0 rings (SSSR count).